The van der Waals surface area contributed by atoms with Gasteiger partial charge in [0.2, 0.25) is 0 Å². The van der Waals surface area contributed by atoms with Gasteiger partial charge in [-0.25, -0.2) is 9.18 Å². The molecular weight excluding hydrogens is 373 g/mol. The smallest absolute Gasteiger partial charge is 0.328 e. The molecule has 0 fully saturated rings. The van der Waals surface area contributed by atoms with Crippen molar-refractivity contribution in [2.75, 3.05) is 7.11 Å². The van der Waals surface area contributed by atoms with Gasteiger partial charge in [0.25, 0.3) is 0 Å². The van der Waals surface area contributed by atoms with Crippen LogP contribution in [0, 0.1) is 5.82 Å². The lowest BCUT2D eigenvalue weighted by atomic mass is 10.1. The van der Waals surface area contributed by atoms with Gasteiger partial charge in [0, 0.05) is 31.5 Å². The zero-order valence-corrected chi connectivity index (χ0v) is 16.7. The molecule has 0 aliphatic carbocycles. The van der Waals surface area contributed by atoms with Crippen LogP contribution in [0.5, 0.6) is 11.5 Å². The Labute approximate surface area is 167 Å². The average molecular weight is 395 g/mol. The zero-order chi connectivity index (χ0) is 20.9. The lowest BCUT2D eigenvalue weighted by Gasteiger charge is -2.19. The van der Waals surface area contributed by atoms with E-state index in [0.29, 0.717) is 5.56 Å². The number of aromatic nitrogens is 3. The molecule has 0 aliphatic heterocycles. The summed E-state index contributed by atoms with van der Waals surface area (Å²) in [6.07, 6.45) is 1.92. The Morgan fingerprint density at radius 3 is 2.52 bits per heavy atom. The number of aryl methyl sites for hydroxylation is 2. The maximum absolute atomic E-state index is 14.2. The summed E-state index contributed by atoms with van der Waals surface area (Å²) in [5, 5.41) is 9.79. The molecule has 1 atom stereocenters. The highest BCUT2D eigenvalue weighted by molar-refractivity contribution is 5.77. The summed E-state index contributed by atoms with van der Waals surface area (Å²) in [4.78, 5) is 12.2. The Morgan fingerprint density at radius 1 is 1.07 bits per heavy atom. The molecule has 7 heteroatoms. The van der Waals surface area contributed by atoms with Gasteiger partial charge in [0.05, 0.1) is 24.2 Å². The molecule has 0 saturated heterocycles. The molecule has 4 aromatic rings. The van der Waals surface area contributed by atoms with Gasteiger partial charge >= 0.3 is 5.69 Å². The Balaban J connectivity index is 1.81. The molecule has 0 unspecified atom stereocenters. The van der Waals surface area contributed by atoms with Crippen molar-refractivity contribution in [2.45, 2.75) is 13.0 Å². The number of phenolic OH excluding ortho intramolecular Hbond substituents is 1. The van der Waals surface area contributed by atoms with Gasteiger partial charge in [-0.2, -0.15) is 0 Å². The van der Waals surface area contributed by atoms with Gasteiger partial charge in [-0.15, -0.1) is 0 Å². The molecule has 0 saturated carbocycles. The van der Waals surface area contributed by atoms with E-state index in [1.807, 2.05) is 48.0 Å². The SMILES string of the molecule is COc1cc(-c2cccn2[C@@H](C)c2ccc3c(c2)n(C)c(=O)n3C)cc(F)c1O. The molecule has 4 rings (SSSR count). The van der Waals surface area contributed by atoms with Crippen LogP contribution < -0.4 is 10.4 Å². The summed E-state index contributed by atoms with van der Waals surface area (Å²) in [6.45, 7) is 2.04. The van der Waals surface area contributed by atoms with E-state index in [-0.39, 0.29) is 17.5 Å². The number of imidazole rings is 1. The number of hydrogen-bond donors (Lipinski definition) is 1. The van der Waals surface area contributed by atoms with Crippen molar-refractivity contribution in [1.29, 1.82) is 0 Å². The van der Waals surface area contributed by atoms with Crippen LogP contribution in [-0.4, -0.2) is 25.9 Å². The Morgan fingerprint density at radius 2 is 1.79 bits per heavy atom. The second kappa shape index (κ2) is 6.84. The van der Waals surface area contributed by atoms with Crippen molar-refractivity contribution < 1.29 is 14.2 Å². The molecule has 2 aromatic carbocycles. The first-order valence-electron chi connectivity index (χ1n) is 9.22. The quantitative estimate of drug-likeness (QED) is 0.572. The fourth-order valence-electron chi connectivity index (χ4n) is 3.80. The van der Waals surface area contributed by atoms with Crippen molar-refractivity contribution in [1.82, 2.24) is 13.7 Å². The highest BCUT2D eigenvalue weighted by atomic mass is 19.1. The molecule has 1 N–H and O–H groups in total. The van der Waals surface area contributed by atoms with E-state index in [1.54, 1.807) is 29.3 Å². The molecule has 0 bridgehead atoms. The summed E-state index contributed by atoms with van der Waals surface area (Å²) in [6, 6.07) is 12.6. The van der Waals surface area contributed by atoms with Crippen molar-refractivity contribution in [2.24, 2.45) is 14.1 Å². The summed E-state index contributed by atoms with van der Waals surface area (Å²) < 4.78 is 24.5. The fraction of sp³-hybridized carbons (Fsp3) is 0.227. The number of ether oxygens (including phenoxy) is 1. The number of aromatic hydroxyl groups is 1. The number of phenols is 1. The second-order valence-corrected chi connectivity index (χ2v) is 7.13. The Bertz CT molecular complexity index is 1280. The van der Waals surface area contributed by atoms with Gasteiger partial charge in [0.15, 0.2) is 17.3 Å². The molecule has 150 valence electrons. The molecule has 0 amide bonds. The zero-order valence-electron chi connectivity index (χ0n) is 16.7. The van der Waals surface area contributed by atoms with Gasteiger partial charge in [-0.05, 0) is 48.9 Å². The summed E-state index contributed by atoms with van der Waals surface area (Å²) >= 11 is 0. The minimum Gasteiger partial charge on any atom is -0.502 e. The summed E-state index contributed by atoms with van der Waals surface area (Å²) in [5.41, 5.74) is 4.05. The van der Waals surface area contributed by atoms with E-state index in [2.05, 4.69) is 0 Å². The molecule has 0 spiro atoms. The number of nitrogens with zero attached hydrogens (tertiary/aromatic N) is 3. The second-order valence-electron chi connectivity index (χ2n) is 7.13. The molecule has 2 heterocycles. The van der Waals surface area contributed by atoms with Crippen molar-refractivity contribution in [3.63, 3.8) is 0 Å². The fourth-order valence-corrected chi connectivity index (χ4v) is 3.80. The maximum Gasteiger partial charge on any atom is 0.328 e. The third-order valence-corrected chi connectivity index (χ3v) is 5.52. The maximum atomic E-state index is 14.2. The average Bonchev–Trinajstić information content (AvgIpc) is 3.29. The molecule has 2 aromatic heterocycles. The van der Waals surface area contributed by atoms with Gasteiger partial charge < -0.3 is 14.4 Å². The first kappa shape index (κ1) is 18.9. The molecule has 0 radical (unpaired) electrons. The molecule has 29 heavy (non-hydrogen) atoms. The highest BCUT2D eigenvalue weighted by Gasteiger charge is 2.18. The van der Waals surface area contributed by atoms with E-state index in [1.165, 1.54) is 13.2 Å². The number of rotatable bonds is 4. The van der Waals surface area contributed by atoms with E-state index < -0.39 is 11.6 Å². The van der Waals surface area contributed by atoms with E-state index >= 15 is 0 Å². The Kier molecular flexibility index (Phi) is 4.45. The highest BCUT2D eigenvalue weighted by Crippen LogP contribution is 2.36. The first-order chi connectivity index (χ1) is 13.8. The van der Waals surface area contributed by atoms with Crippen molar-refractivity contribution >= 4 is 11.0 Å². The van der Waals surface area contributed by atoms with Gasteiger partial charge in [-0.1, -0.05) is 6.07 Å². The van der Waals surface area contributed by atoms with Crippen molar-refractivity contribution in [3.05, 3.63) is 70.5 Å². The minimum atomic E-state index is -0.736. The predicted molar refractivity (Wildman–Crippen MR) is 110 cm³/mol. The van der Waals surface area contributed by atoms with E-state index in [9.17, 15) is 14.3 Å². The first-order valence-corrected chi connectivity index (χ1v) is 9.22. The number of halogens is 1. The van der Waals surface area contributed by atoms with Crippen LogP contribution in [0.25, 0.3) is 22.3 Å². The lowest BCUT2D eigenvalue weighted by Crippen LogP contribution is -2.19. The number of fused-ring (bicyclic) bond motifs is 1. The van der Waals surface area contributed by atoms with Crippen LogP contribution in [0.3, 0.4) is 0 Å². The topological polar surface area (TPSA) is 61.3 Å². The van der Waals surface area contributed by atoms with Crippen LogP contribution in [0.1, 0.15) is 18.5 Å². The molecular formula is C22H22FN3O3. The minimum absolute atomic E-state index is 0.0671. The third kappa shape index (κ3) is 2.90. The Hall–Kier alpha value is -3.48. The van der Waals surface area contributed by atoms with Gasteiger partial charge in [0.1, 0.15) is 0 Å². The lowest BCUT2D eigenvalue weighted by molar-refractivity contribution is 0.357. The standard InChI is InChI=1S/C22H22FN3O3/c1-13(14-7-8-18-19(11-14)25(3)22(28)24(18)2)26-9-5-6-17(26)15-10-16(23)21(27)20(12-15)29-4/h5-13,27H,1-4H3/t13-/m0/s1. The number of hydrogen-bond acceptors (Lipinski definition) is 3. The van der Waals surface area contributed by atoms with Gasteiger partial charge in [-0.3, -0.25) is 9.13 Å². The van der Waals surface area contributed by atoms with Crippen LogP contribution in [0.2, 0.25) is 0 Å². The molecule has 0 aliphatic rings. The van der Waals surface area contributed by atoms with Crippen LogP contribution >= 0.6 is 0 Å². The van der Waals surface area contributed by atoms with Crippen molar-refractivity contribution in [3.8, 4) is 22.8 Å². The van der Waals surface area contributed by atoms with Crippen LogP contribution in [-0.2, 0) is 14.1 Å². The van der Waals surface area contributed by atoms with Crippen LogP contribution in [0.4, 0.5) is 4.39 Å². The largest absolute Gasteiger partial charge is 0.502 e. The normalized spacial score (nSPS) is 12.4. The number of methoxy groups -OCH3 is 1. The summed E-state index contributed by atoms with van der Waals surface area (Å²) in [5.74, 6) is -1.15. The monoisotopic (exact) mass is 395 g/mol. The van der Waals surface area contributed by atoms with E-state index in [4.69, 9.17) is 4.74 Å². The predicted octanol–water partition coefficient (Wildman–Crippen LogP) is 3.81. The van der Waals surface area contributed by atoms with E-state index in [0.717, 1.165) is 22.3 Å². The summed E-state index contributed by atoms with van der Waals surface area (Å²) in [7, 11) is 4.90. The number of benzene rings is 2. The third-order valence-electron chi connectivity index (χ3n) is 5.52. The van der Waals surface area contributed by atoms with Crippen LogP contribution in [0.15, 0.2) is 53.5 Å². The molecule has 6 nitrogen and oxygen atoms in total.